The van der Waals surface area contributed by atoms with Gasteiger partial charge in [-0.1, -0.05) is 31.4 Å². The number of ether oxygens (including phenoxy) is 1. The highest BCUT2D eigenvalue weighted by molar-refractivity contribution is 14.0. The average molecular weight is 474 g/mol. The lowest BCUT2D eigenvalue weighted by Crippen LogP contribution is -2.39. The molecule has 0 saturated heterocycles. The van der Waals surface area contributed by atoms with Crippen LogP contribution >= 0.6 is 24.0 Å². The first-order valence-corrected chi connectivity index (χ1v) is 9.50. The Morgan fingerprint density at radius 3 is 2.46 bits per heavy atom. The maximum atomic E-state index is 5.18. The Kier molecular flexibility index (Phi) is 11.7. The molecular weight excluding hydrogens is 439 g/mol. The van der Waals surface area contributed by atoms with Crippen LogP contribution in [0.5, 0.6) is 5.75 Å². The number of nitrogens with zero attached hydrogens (tertiary/aromatic N) is 2. The molecule has 1 aromatic rings. The Morgan fingerprint density at radius 1 is 1.15 bits per heavy atom. The highest BCUT2D eigenvalue weighted by Gasteiger charge is 2.17. The van der Waals surface area contributed by atoms with Crippen molar-refractivity contribution >= 4 is 29.9 Å². The van der Waals surface area contributed by atoms with Crippen LogP contribution in [0.15, 0.2) is 29.3 Å². The molecule has 0 aliphatic heterocycles. The van der Waals surface area contributed by atoms with Crippen molar-refractivity contribution in [1.82, 2.24) is 15.5 Å². The number of methoxy groups -OCH3 is 1. The van der Waals surface area contributed by atoms with E-state index in [1.807, 2.05) is 19.2 Å². The zero-order chi connectivity index (χ0) is 17.9. The summed E-state index contributed by atoms with van der Waals surface area (Å²) in [4.78, 5) is 6.84. The summed E-state index contributed by atoms with van der Waals surface area (Å²) >= 11 is 0. The molecule has 0 aromatic heterocycles. The maximum Gasteiger partial charge on any atom is 0.191 e. The quantitative estimate of drug-likeness (QED) is 0.262. The minimum atomic E-state index is 0. The van der Waals surface area contributed by atoms with Gasteiger partial charge in [-0.15, -0.1) is 24.0 Å². The van der Waals surface area contributed by atoms with E-state index in [9.17, 15) is 0 Å². The van der Waals surface area contributed by atoms with E-state index in [1.165, 1.54) is 37.7 Å². The molecule has 2 rings (SSSR count). The third-order valence-electron chi connectivity index (χ3n) is 5.02. The van der Waals surface area contributed by atoms with Crippen LogP contribution in [-0.4, -0.2) is 51.2 Å². The fourth-order valence-corrected chi connectivity index (χ4v) is 3.39. The molecule has 1 aliphatic rings. The molecular formula is C20H35IN4O. The summed E-state index contributed by atoms with van der Waals surface area (Å²) in [6, 6.07) is 8.89. The summed E-state index contributed by atoms with van der Waals surface area (Å²) in [6.45, 7) is 2.85. The molecule has 0 spiro atoms. The van der Waals surface area contributed by atoms with Gasteiger partial charge >= 0.3 is 0 Å². The van der Waals surface area contributed by atoms with Gasteiger partial charge in [-0.05, 0) is 50.6 Å². The molecule has 0 radical (unpaired) electrons. The van der Waals surface area contributed by atoms with E-state index in [0.29, 0.717) is 0 Å². The molecule has 148 valence electrons. The van der Waals surface area contributed by atoms with Crippen molar-refractivity contribution in [1.29, 1.82) is 0 Å². The van der Waals surface area contributed by atoms with Crippen molar-refractivity contribution in [3.05, 3.63) is 29.8 Å². The molecule has 1 saturated carbocycles. The number of aliphatic imine (C=N–C) groups is 1. The second-order valence-electron chi connectivity index (χ2n) is 6.83. The van der Waals surface area contributed by atoms with Crippen LogP contribution in [0.3, 0.4) is 0 Å². The van der Waals surface area contributed by atoms with Crippen LogP contribution in [-0.2, 0) is 6.54 Å². The number of benzene rings is 1. The van der Waals surface area contributed by atoms with Gasteiger partial charge in [0.15, 0.2) is 5.96 Å². The summed E-state index contributed by atoms with van der Waals surface area (Å²) < 4.78 is 5.18. The number of nitrogens with one attached hydrogen (secondary N) is 2. The Hall–Kier alpha value is -1.02. The molecule has 0 bridgehead atoms. The lowest BCUT2D eigenvalue weighted by molar-refractivity contribution is 0.190. The molecule has 1 aliphatic carbocycles. The second kappa shape index (κ2) is 13.2. The Balaban J connectivity index is 0.00000338. The van der Waals surface area contributed by atoms with Gasteiger partial charge in [-0.3, -0.25) is 4.99 Å². The lowest BCUT2D eigenvalue weighted by atomic mass is 9.94. The van der Waals surface area contributed by atoms with E-state index >= 15 is 0 Å². The van der Waals surface area contributed by atoms with Crippen LogP contribution in [0.25, 0.3) is 0 Å². The Bertz CT molecular complexity index is 515. The first kappa shape index (κ1) is 23.0. The van der Waals surface area contributed by atoms with E-state index < -0.39 is 0 Å². The van der Waals surface area contributed by atoms with Crippen molar-refractivity contribution in [3.8, 4) is 5.75 Å². The van der Waals surface area contributed by atoms with Gasteiger partial charge in [0.2, 0.25) is 0 Å². The van der Waals surface area contributed by atoms with Gasteiger partial charge in [0.25, 0.3) is 0 Å². The van der Waals surface area contributed by atoms with Gasteiger partial charge < -0.3 is 20.3 Å². The van der Waals surface area contributed by atoms with Crippen molar-refractivity contribution in [2.45, 2.75) is 51.1 Å². The highest BCUT2D eigenvalue weighted by atomic mass is 127. The Labute approximate surface area is 176 Å². The third kappa shape index (κ3) is 8.12. The molecule has 0 heterocycles. The van der Waals surface area contributed by atoms with Gasteiger partial charge in [-0.2, -0.15) is 0 Å². The standard InChI is InChI=1S/C20H34N4O.HI/c1-21-20(23-16-17-10-12-19(25-3)13-11-17)22-14-7-15-24(2)18-8-5-4-6-9-18;/h10-13,18H,4-9,14-16H2,1-3H3,(H2,21,22,23);1H. The monoisotopic (exact) mass is 474 g/mol. The highest BCUT2D eigenvalue weighted by Crippen LogP contribution is 2.21. The fraction of sp³-hybridized carbons (Fsp3) is 0.650. The van der Waals surface area contributed by atoms with E-state index in [4.69, 9.17) is 4.74 Å². The summed E-state index contributed by atoms with van der Waals surface area (Å²) in [5.74, 6) is 1.74. The molecule has 26 heavy (non-hydrogen) atoms. The van der Waals surface area contributed by atoms with Crippen molar-refractivity contribution in [3.63, 3.8) is 0 Å². The molecule has 6 heteroatoms. The van der Waals surface area contributed by atoms with Crippen LogP contribution in [0.1, 0.15) is 44.1 Å². The SMILES string of the molecule is CN=C(NCCCN(C)C1CCCCC1)NCc1ccc(OC)cc1.I. The number of hydrogen-bond donors (Lipinski definition) is 2. The van der Waals surface area contributed by atoms with Crippen LogP contribution < -0.4 is 15.4 Å². The minimum absolute atomic E-state index is 0. The number of hydrogen-bond acceptors (Lipinski definition) is 3. The maximum absolute atomic E-state index is 5.18. The van der Waals surface area contributed by atoms with Crippen molar-refractivity contribution in [2.24, 2.45) is 4.99 Å². The van der Waals surface area contributed by atoms with E-state index in [0.717, 1.165) is 43.8 Å². The smallest absolute Gasteiger partial charge is 0.191 e. The van der Waals surface area contributed by atoms with Gasteiger partial charge in [0, 0.05) is 26.2 Å². The molecule has 2 N–H and O–H groups in total. The largest absolute Gasteiger partial charge is 0.497 e. The zero-order valence-corrected chi connectivity index (χ0v) is 18.8. The van der Waals surface area contributed by atoms with E-state index in [2.05, 4.69) is 39.7 Å². The molecule has 5 nitrogen and oxygen atoms in total. The average Bonchev–Trinajstić information content (AvgIpc) is 2.68. The molecule has 1 fully saturated rings. The first-order chi connectivity index (χ1) is 12.2. The van der Waals surface area contributed by atoms with Crippen molar-refractivity contribution < 1.29 is 4.74 Å². The number of halogens is 1. The van der Waals surface area contributed by atoms with Gasteiger partial charge in [0.05, 0.1) is 7.11 Å². The normalized spacial score (nSPS) is 15.5. The van der Waals surface area contributed by atoms with Crippen LogP contribution in [0, 0.1) is 0 Å². The summed E-state index contributed by atoms with van der Waals surface area (Å²) in [6.07, 6.45) is 8.09. The van der Waals surface area contributed by atoms with Crippen LogP contribution in [0.4, 0.5) is 0 Å². The summed E-state index contributed by atoms with van der Waals surface area (Å²) in [7, 11) is 5.77. The molecule has 1 aromatic carbocycles. The second-order valence-corrected chi connectivity index (χ2v) is 6.83. The minimum Gasteiger partial charge on any atom is -0.497 e. The topological polar surface area (TPSA) is 48.9 Å². The first-order valence-electron chi connectivity index (χ1n) is 9.50. The predicted octanol–water partition coefficient (Wildman–Crippen LogP) is 3.63. The third-order valence-corrected chi connectivity index (χ3v) is 5.02. The summed E-state index contributed by atoms with van der Waals surface area (Å²) in [5, 5.41) is 6.77. The number of guanidine groups is 1. The van der Waals surface area contributed by atoms with E-state index in [1.54, 1.807) is 7.11 Å². The summed E-state index contributed by atoms with van der Waals surface area (Å²) in [5.41, 5.74) is 1.21. The molecule has 0 amide bonds. The van der Waals surface area contributed by atoms with E-state index in [-0.39, 0.29) is 24.0 Å². The van der Waals surface area contributed by atoms with Gasteiger partial charge in [0.1, 0.15) is 5.75 Å². The fourth-order valence-electron chi connectivity index (χ4n) is 3.39. The number of rotatable bonds is 8. The van der Waals surface area contributed by atoms with Crippen molar-refractivity contribution in [2.75, 3.05) is 34.3 Å². The zero-order valence-electron chi connectivity index (χ0n) is 16.5. The molecule has 0 atom stereocenters. The molecule has 0 unspecified atom stereocenters. The lowest BCUT2D eigenvalue weighted by Gasteiger charge is -2.31. The van der Waals surface area contributed by atoms with Gasteiger partial charge in [-0.25, -0.2) is 0 Å². The van der Waals surface area contributed by atoms with Crippen LogP contribution in [0.2, 0.25) is 0 Å². The predicted molar refractivity (Wildman–Crippen MR) is 121 cm³/mol. The Morgan fingerprint density at radius 2 is 1.85 bits per heavy atom.